The summed E-state index contributed by atoms with van der Waals surface area (Å²) in [4.78, 5) is 9.65. The number of nitrogens with two attached hydrogens (primary N) is 1. The van der Waals surface area contributed by atoms with Gasteiger partial charge in [-0.1, -0.05) is 0 Å². The van der Waals surface area contributed by atoms with E-state index in [4.69, 9.17) is 5.73 Å². The van der Waals surface area contributed by atoms with Gasteiger partial charge in [0.15, 0.2) is 5.11 Å². The highest BCUT2D eigenvalue weighted by atomic mass is 32.1. The lowest BCUT2D eigenvalue weighted by molar-refractivity contribution is -0.111. The van der Waals surface area contributed by atoms with Crippen LogP contribution >= 0.6 is 12.2 Å². The molecule has 0 aliphatic carbocycles. The molecule has 0 aromatic carbocycles. The molecule has 0 bridgehead atoms. The minimum atomic E-state index is 0.136. The summed E-state index contributed by atoms with van der Waals surface area (Å²) in [5, 5.41) is 1.37. The maximum absolute atomic E-state index is 9.65. The maximum Gasteiger partial charge on any atom is 0.225 e. The summed E-state index contributed by atoms with van der Waals surface area (Å²) in [6.45, 7) is 0. The molecule has 0 saturated carbocycles. The Kier molecular flexibility index (Phi) is 2.86. The van der Waals surface area contributed by atoms with E-state index in [2.05, 4.69) is 17.6 Å². The van der Waals surface area contributed by atoms with Gasteiger partial charge in [-0.2, -0.15) is 0 Å². The number of hydrogen-bond acceptors (Lipinski definition) is 2. The van der Waals surface area contributed by atoms with Crippen LogP contribution in [0, 0.1) is 0 Å². The lowest BCUT2D eigenvalue weighted by Crippen LogP contribution is -2.41. The van der Waals surface area contributed by atoms with Gasteiger partial charge in [-0.25, -0.2) is 0 Å². The topological polar surface area (TPSA) is 58.4 Å². The van der Waals surface area contributed by atoms with E-state index in [-0.39, 0.29) is 5.11 Å². The quantitative estimate of drug-likeness (QED) is 0.283. The van der Waals surface area contributed by atoms with E-state index in [1.54, 1.807) is 7.05 Å². The van der Waals surface area contributed by atoms with E-state index >= 15 is 0 Å². The second-order valence-corrected chi connectivity index (χ2v) is 1.56. The van der Waals surface area contributed by atoms with Gasteiger partial charge < -0.3 is 5.73 Å². The largest absolute Gasteiger partial charge is 0.375 e. The van der Waals surface area contributed by atoms with Crippen LogP contribution in [-0.4, -0.2) is 23.6 Å². The number of nitrogens with one attached hydrogen (secondary N) is 1. The van der Waals surface area contributed by atoms with Crippen molar-refractivity contribution in [1.29, 1.82) is 0 Å². The highest BCUT2D eigenvalue weighted by Gasteiger charge is 1.91. The molecule has 1 amide bonds. The molecule has 46 valence electrons. The molecular formula is C3H7N3OS. The number of hydrazine groups is 1. The number of amides is 1. The lowest BCUT2D eigenvalue weighted by atomic mass is 11.0. The fraction of sp³-hybridized carbons (Fsp3) is 0.333. The van der Waals surface area contributed by atoms with E-state index in [0.29, 0.717) is 6.41 Å². The number of carbonyl (C=O) groups excluding carboxylic acids is 1. The number of carbonyl (C=O) groups is 1. The molecule has 5 heteroatoms. The van der Waals surface area contributed by atoms with Gasteiger partial charge in [0.05, 0.1) is 0 Å². The first kappa shape index (κ1) is 7.16. The fourth-order valence-corrected chi connectivity index (χ4v) is 0.195. The lowest BCUT2D eigenvalue weighted by Gasteiger charge is -2.12. The Balaban J connectivity index is 3.46. The molecule has 0 aliphatic heterocycles. The first-order chi connectivity index (χ1) is 3.68. The second-order valence-electron chi connectivity index (χ2n) is 1.14. The molecule has 0 radical (unpaired) electrons. The van der Waals surface area contributed by atoms with Crippen LogP contribution in [-0.2, 0) is 4.79 Å². The fourth-order valence-electron chi connectivity index (χ4n) is 0.143. The molecule has 0 spiro atoms. The number of hydrogen-bond donors (Lipinski definition) is 2. The molecule has 4 nitrogen and oxygen atoms in total. The molecule has 0 unspecified atom stereocenters. The molecule has 0 aromatic heterocycles. The first-order valence-corrected chi connectivity index (χ1v) is 2.32. The van der Waals surface area contributed by atoms with Crippen molar-refractivity contribution in [3.63, 3.8) is 0 Å². The van der Waals surface area contributed by atoms with Gasteiger partial charge in [0.2, 0.25) is 6.41 Å². The highest BCUT2D eigenvalue weighted by molar-refractivity contribution is 7.80. The van der Waals surface area contributed by atoms with E-state index in [0.717, 1.165) is 0 Å². The van der Waals surface area contributed by atoms with Crippen molar-refractivity contribution in [3.05, 3.63) is 0 Å². The van der Waals surface area contributed by atoms with Crippen molar-refractivity contribution in [2.24, 2.45) is 5.73 Å². The van der Waals surface area contributed by atoms with E-state index < -0.39 is 0 Å². The van der Waals surface area contributed by atoms with Crippen molar-refractivity contribution < 1.29 is 4.79 Å². The van der Waals surface area contributed by atoms with Crippen molar-refractivity contribution in [2.45, 2.75) is 0 Å². The molecular weight excluding hydrogens is 126 g/mol. The Hall–Kier alpha value is -0.840. The Morgan fingerprint density at radius 2 is 2.50 bits per heavy atom. The molecule has 0 aliphatic rings. The first-order valence-electron chi connectivity index (χ1n) is 1.91. The molecule has 0 aromatic rings. The predicted octanol–water partition coefficient (Wildman–Crippen LogP) is -1.18. The van der Waals surface area contributed by atoms with Crippen LogP contribution < -0.4 is 11.2 Å². The van der Waals surface area contributed by atoms with Gasteiger partial charge in [0, 0.05) is 7.05 Å². The third-order valence-corrected chi connectivity index (χ3v) is 0.851. The SMILES string of the molecule is CN(NC=O)C(N)=S. The Labute approximate surface area is 52.6 Å². The third-order valence-electron chi connectivity index (χ3n) is 0.577. The van der Waals surface area contributed by atoms with Gasteiger partial charge >= 0.3 is 0 Å². The van der Waals surface area contributed by atoms with E-state index in [1.165, 1.54) is 5.01 Å². The highest BCUT2D eigenvalue weighted by Crippen LogP contribution is 1.68. The molecule has 0 atom stereocenters. The van der Waals surface area contributed by atoms with Gasteiger partial charge in [-0.05, 0) is 12.2 Å². The zero-order chi connectivity index (χ0) is 6.57. The van der Waals surface area contributed by atoms with Gasteiger partial charge in [-0.3, -0.25) is 15.2 Å². The summed E-state index contributed by atoms with van der Waals surface area (Å²) < 4.78 is 0. The van der Waals surface area contributed by atoms with Crippen molar-refractivity contribution in [3.8, 4) is 0 Å². The molecule has 0 rings (SSSR count). The van der Waals surface area contributed by atoms with Crippen LogP contribution in [0.2, 0.25) is 0 Å². The van der Waals surface area contributed by atoms with Crippen LogP contribution in [0.3, 0.4) is 0 Å². The normalized spacial score (nSPS) is 7.62. The zero-order valence-electron chi connectivity index (χ0n) is 4.42. The van der Waals surface area contributed by atoms with Crippen LogP contribution in [0.4, 0.5) is 0 Å². The average molecular weight is 133 g/mol. The van der Waals surface area contributed by atoms with E-state index in [9.17, 15) is 4.79 Å². The van der Waals surface area contributed by atoms with Crippen molar-refractivity contribution >= 4 is 23.7 Å². The third kappa shape index (κ3) is 2.35. The number of nitrogens with zero attached hydrogens (tertiary/aromatic N) is 1. The van der Waals surface area contributed by atoms with Crippen LogP contribution in [0.5, 0.6) is 0 Å². The van der Waals surface area contributed by atoms with Crippen LogP contribution in [0.1, 0.15) is 0 Å². The van der Waals surface area contributed by atoms with Gasteiger partial charge in [0.1, 0.15) is 0 Å². The standard InChI is InChI=1S/C3H7N3OS/c1-6(3(4)8)5-2-7/h2H,1H3,(H2,4,8)(H,5,7). The smallest absolute Gasteiger partial charge is 0.225 e. The Morgan fingerprint density at radius 3 is 2.62 bits per heavy atom. The number of thiocarbonyl (C=S) groups is 1. The monoisotopic (exact) mass is 133 g/mol. The molecule has 0 heterocycles. The summed E-state index contributed by atoms with van der Waals surface area (Å²) in [5.74, 6) is 0. The molecule has 0 saturated heterocycles. The van der Waals surface area contributed by atoms with E-state index in [1.807, 2.05) is 0 Å². The second kappa shape index (κ2) is 3.20. The summed E-state index contributed by atoms with van der Waals surface area (Å²) in [5.41, 5.74) is 7.29. The van der Waals surface area contributed by atoms with Gasteiger partial charge in [-0.15, -0.1) is 0 Å². The van der Waals surface area contributed by atoms with Crippen LogP contribution in [0.25, 0.3) is 0 Å². The summed E-state index contributed by atoms with van der Waals surface area (Å²) in [6.07, 6.45) is 0.499. The minimum Gasteiger partial charge on any atom is -0.375 e. The zero-order valence-corrected chi connectivity index (χ0v) is 5.23. The average Bonchev–Trinajstić information content (AvgIpc) is 1.67. The summed E-state index contributed by atoms with van der Waals surface area (Å²) >= 11 is 4.47. The molecule has 3 N–H and O–H groups in total. The Bertz CT molecular complexity index is 105. The van der Waals surface area contributed by atoms with Gasteiger partial charge in [0.25, 0.3) is 0 Å². The maximum atomic E-state index is 9.65. The molecule has 8 heavy (non-hydrogen) atoms. The Morgan fingerprint density at radius 1 is 2.00 bits per heavy atom. The van der Waals surface area contributed by atoms with Crippen molar-refractivity contribution in [1.82, 2.24) is 10.4 Å². The minimum absolute atomic E-state index is 0.136. The number of rotatable bonds is 2. The van der Waals surface area contributed by atoms with Crippen LogP contribution in [0.15, 0.2) is 0 Å². The summed E-state index contributed by atoms with van der Waals surface area (Å²) in [6, 6.07) is 0. The summed E-state index contributed by atoms with van der Waals surface area (Å²) in [7, 11) is 1.55. The predicted molar refractivity (Wildman–Crippen MR) is 33.7 cm³/mol. The van der Waals surface area contributed by atoms with Crippen molar-refractivity contribution in [2.75, 3.05) is 7.05 Å². The molecule has 0 fully saturated rings.